The van der Waals surface area contributed by atoms with Gasteiger partial charge in [0.2, 0.25) is 10.0 Å². The lowest BCUT2D eigenvalue weighted by Crippen LogP contribution is -2.37. The van der Waals surface area contributed by atoms with E-state index in [1.54, 1.807) is 24.4 Å². The van der Waals surface area contributed by atoms with E-state index in [1.165, 1.54) is 23.5 Å². The van der Waals surface area contributed by atoms with Crippen molar-refractivity contribution in [1.82, 2.24) is 13.8 Å². The summed E-state index contributed by atoms with van der Waals surface area (Å²) in [7, 11) is -2.10. The fourth-order valence-corrected chi connectivity index (χ4v) is 6.22. The number of Topliss-reactive ketones (excluding diaryl/α,β-unsaturated/α-hetero) is 1. The highest BCUT2D eigenvalue weighted by Gasteiger charge is 2.38. The summed E-state index contributed by atoms with van der Waals surface area (Å²) in [5.74, 6) is -0.273. The second-order valence-corrected chi connectivity index (χ2v) is 10.9. The van der Waals surface area contributed by atoms with Gasteiger partial charge in [-0.1, -0.05) is 5.18 Å². The van der Waals surface area contributed by atoms with Crippen molar-refractivity contribution in [3.8, 4) is 0 Å². The number of fused-ring (bicyclic) bond motifs is 1. The Morgan fingerprint density at radius 2 is 1.76 bits per heavy atom. The van der Waals surface area contributed by atoms with Crippen LogP contribution in [0.3, 0.4) is 0 Å². The number of nitroso groups, excluding NO2 is 1. The molecular weight excluding hydrogens is 447 g/mol. The molecule has 2 aliphatic heterocycles. The highest BCUT2D eigenvalue weighted by molar-refractivity contribution is 7.89. The van der Waals surface area contributed by atoms with Gasteiger partial charge < -0.3 is 9.47 Å². The highest BCUT2D eigenvalue weighted by atomic mass is 32.2. The van der Waals surface area contributed by atoms with E-state index in [-0.39, 0.29) is 29.0 Å². The molecule has 2 aromatic rings. The predicted octanol–water partition coefficient (Wildman–Crippen LogP) is 3.44. The second-order valence-electron chi connectivity index (χ2n) is 8.86. The van der Waals surface area contributed by atoms with E-state index in [0.29, 0.717) is 17.8 Å². The first-order chi connectivity index (χ1) is 15.8. The van der Waals surface area contributed by atoms with Gasteiger partial charge in [-0.15, -0.1) is 0 Å². The number of ketones is 1. The number of carbonyl (C=O) groups is 1. The number of likely N-dealkylation sites (tertiary alicyclic amines) is 1. The molecule has 1 fully saturated rings. The summed E-state index contributed by atoms with van der Waals surface area (Å²) < 4.78 is 41.1. The maximum absolute atomic E-state index is 13.1. The molecule has 0 amide bonds. The molecule has 0 spiro atoms. The molecule has 1 aromatic heterocycles. The van der Waals surface area contributed by atoms with Crippen molar-refractivity contribution >= 4 is 15.8 Å². The van der Waals surface area contributed by atoms with Crippen LogP contribution in [0.4, 0.5) is 4.39 Å². The first kappa shape index (κ1) is 23.7. The summed E-state index contributed by atoms with van der Waals surface area (Å²) >= 11 is 0. The van der Waals surface area contributed by atoms with E-state index < -0.39 is 16.1 Å². The maximum atomic E-state index is 13.1. The molecule has 0 N–H and O–H groups in total. The Balaban J connectivity index is 1.25. The number of benzene rings is 1. The van der Waals surface area contributed by atoms with Crippen LogP contribution in [0.5, 0.6) is 0 Å². The lowest BCUT2D eigenvalue weighted by molar-refractivity contribution is 0.0838. The molecular formula is C23H29FN4O4S. The smallest absolute Gasteiger partial charge is 0.244 e. The predicted molar refractivity (Wildman–Crippen MR) is 122 cm³/mol. The summed E-state index contributed by atoms with van der Waals surface area (Å²) in [5.41, 5.74) is 1.06. The third-order valence-electron chi connectivity index (χ3n) is 6.74. The van der Waals surface area contributed by atoms with Crippen LogP contribution in [0, 0.1) is 16.6 Å². The van der Waals surface area contributed by atoms with Crippen LogP contribution < -0.4 is 0 Å². The van der Waals surface area contributed by atoms with Crippen LogP contribution in [0.25, 0.3) is 0 Å². The number of hydrogen-bond donors (Lipinski definition) is 0. The largest absolute Gasteiger partial charge is 0.348 e. The highest BCUT2D eigenvalue weighted by Crippen LogP contribution is 2.34. The van der Waals surface area contributed by atoms with Gasteiger partial charge in [0, 0.05) is 37.8 Å². The van der Waals surface area contributed by atoms with Crippen LogP contribution in [0.15, 0.2) is 46.6 Å². The van der Waals surface area contributed by atoms with Crippen molar-refractivity contribution < 1.29 is 17.6 Å². The molecule has 2 aliphatic rings. The van der Waals surface area contributed by atoms with Gasteiger partial charge in [0.05, 0.1) is 5.69 Å². The number of hydrogen-bond acceptors (Lipinski definition) is 6. The summed E-state index contributed by atoms with van der Waals surface area (Å²) in [6.45, 7) is 3.28. The molecule has 8 nitrogen and oxygen atoms in total. The van der Waals surface area contributed by atoms with Crippen LogP contribution in [0.1, 0.15) is 47.8 Å². The van der Waals surface area contributed by atoms with Gasteiger partial charge in [-0.05, 0) is 75.6 Å². The molecule has 3 heterocycles. The van der Waals surface area contributed by atoms with E-state index in [1.807, 2.05) is 4.57 Å². The minimum atomic E-state index is -3.57. The Morgan fingerprint density at radius 1 is 1.09 bits per heavy atom. The van der Waals surface area contributed by atoms with Crippen LogP contribution in [0.2, 0.25) is 0 Å². The molecule has 1 unspecified atom stereocenters. The Kier molecular flexibility index (Phi) is 7.06. The van der Waals surface area contributed by atoms with Crippen molar-refractivity contribution in [3.63, 3.8) is 0 Å². The van der Waals surface area contributed by atoms with Gasteiger partial charge in [-0.3, -0.25) is 4.79 Å². The molecule has 0 radical (unpaired) electrons. The molecule has 1 saturated heterocycles. The molecule has 178 valence electrons. The maximum Gasteiger partial charge on any atom is 0.244 e. The van der Waals surface area contributed by atoms with Crippen molar-refractivity contribution in [3.05, 3.63) is 58.5 Å². The third kappa shape index (κ3) is 4.92. The Morgan fingerprint density at radius 3 is 2.42 bits per heavy atom. The van der Waals surface area contributed by atoms with Gasteiger partial charge in [-0.25, -0.2) is 12.8 Å². The number of likely N-dealkylation sites (N-methyl/N-ethyl adjacent to an activating group) is 1. The second kappa shape index (κ2) is 9.82. The molecule has 0 aliphatic carbocycles. The molecule has 10 heteroatoms. The third-order valence-corrected chi connectivity index (χ3v) is 8.61. The van der Waals surface area contributed by atoms with E-state index in [9.17, 15) is 22.5 Å². The van der Waals surface area contributed by atoms with Crippen molar-refractivity contribution in [1.29, 1.82) is 0 Å². The van der Waals surface area contributed by atoms with Gasteiger partial charge in [0.1, 0.15) is 16.8 Å². The number of sulfonamides is 1. The fraction of sp³-hybridized carbons (Fsp3) is 0.522. The number of aromatic nitrogens is 1. The Hall–Kier alpha value is -2.43. The van der Waals surface area contributed by atoms with E-state index in [2.05, 4.69) is 10.1 Å². The minimum absolute atomic E-state index is 0.0223. The van der Waals surface area contributed by atoms with Gasteiger partial charge in [-0.2, -0.15) is 9.21 Å². The number of aryl methyl sites for hydroxylation is 1. The van der Waals surface area contributed by atoms with Crippen molar-refractivity contribution in [2.24, 2.45) is 11.1 Å². The lowest BCUT2D eigenvalue weighted by atomic mass is 9.89. The molecule has 33 heavy (non-hydrogen) atoms. The number of unbranched alkanes of at least 4 members (excludes halogenated alkanes) is 1. The minimum Gasteiger partial charge on any atom is -0.348 e. The standard InChI is InChI=1S/C23H29FN4O4S/c1-26-16-20(25-30)22-21(33(26,31)32)10-15-28(22)12-3-2-11-27-13-8-18(9-14-27)23(29)17-4-6-19(24)7-5-17/h4-7,10,15,18,20H,2-3,8-9,11-14,16H2,1H3. The quantitative estimate of drug-likeness (QED) is 0.331. The number of halogens is 1. The van der Waals surface area contributed by atoms with E-state index in [4.69, 9.17) is 0 Å². The molecule has 1 atom stereocenters. The SMILES string of the molecule is CN1CC(N=O)c2c(ccn2CCCCN2CCC(C(=O)c3ccc(F)cc3)CC2)S1(=O)=O. The average molecular weight is 477 g/mol. The molecule has 4 rings (SSSR count). The molecule has 0 saturated carbocycles. The monoisotopic (exact) mass is 476 g/mol. The van der Waals surface area contributed by atoms with Gasteiger partial charge in [0.15, 0.2) is 5.78 Å². The van der Waals surface area contributed by atoms with E-state index in [0.717, 1.165) is 45.3 Å². The summed E-state index contributed by atoms with van der Waals surface area (Å²) in [4.78, 5) is 26.5. The fourth-order valence-electron chi connectivity index (χ4n) is 4.80. The Bertz CT molecular complexity index is 1110. The first-order valence-electron chi connectivity index (χ1n) is 11.3. The normalized spacial score (nSPS) is 21.6. The van der Waals surface area contributed by atoms with E-state index >= 15 is 0 Å². The Labute approximate surface area is 193 Å². The number of nitrogens with zero attached hydrogens (tertiary/aromatic N) is 4. The first-order valence-corrected chi connectivity index (χ1v) is 12.7. The zero-order valence-electron chi connectivity index (χ0n) is 18.7. The zero-order chi connectivity index (χ0) is 23.6. The summed E-state index contributed by atoms with van der Waals surface area (Å²) in [6.07, 6.45) is 5.08. The van der Waals surface area contributed by atoms with Crippen LogP contribution >= 0.6 is 0 Å². The van der Waals surface area contributed by atoms with Crippen molar-refractivity contribution in [2.75, 3.05) is 33.2 Å². The zero-order valence-corrected chi connectivity index (χ0v) is 19.5. The lowest BCUT2D eigenvalue weighted by Gasteiger charge is -2.31. The van der Waals surface area contributed by atoms with Crippen LogP contribution in [-0.4, -0.2) is 61.2 Å². The van der Waals surface area contributed by atoms with Gasteiger partial charge in [0.25, 0.3) is 0 Å². The molecule has 1 aromatic carbocycles. The summed E-state index contributed by atoms with van der Waals surface area (Å²) in [5, 5.41) is 3.16. The van der Waals surface area contributed by atoms with Crippen molar-refractivity contribution in [2.45, 2.75) is 43.2 Å². The number of rotatable bonds is 8. The molecule has 0 bridgehead atoms. The number of piperidine rings is 1. The number of carbonyl (C=O) groups excluding carboxylic acids is 1. The van der Waals surface area contributed by atoms with Crippen LogP contribution in [-0.2, 0) is 16.6 Å². The summed E-state index contributed by atoms with van der Waals surface area (Å²) in [6, 6.07) is 6.62. The van der Waals surface area contributed by atoms with Gasteiger partial charge >= 0.3 is 0 Å². The topological polar surface area (TPSA) is 92.1 Å². The average Bonchev–Trinajstić information content (AvgIpc) is 3.25.